The number of amides is 2. The largest absolute Gasteiger partial charge is 0.378 e. The molecule has 3 fully saturated rings. The number of carbonyl (C=O) groups is 2. The first-order valence-corrected chi connectivity index (χ1v) is 12.6. The molecule has 3 saturated heterocycles. The number of hydrogen-bond acceptors (Lipinski definition) is 6. The lowest BCUT2D eigenvalue weighted by molar-refractivity contribution is -0.116. The van der Waals surface area contributed by atoms with Crippen LogP contribution in [0.4, 0.5) is 16.2 Å². The molecule has 1 aromatic carbocycles. The van der Waals surface area contributed by atoms with Gasteiger partial charge >= 0.3 is 6.03 Å². The third-order valence-electron chi connectivity index (χ3n) is 7.96. The Morgan fingerprint density at radius 2 is 1.83 bits per heavy atom. The lowest BCUT2D eigenvalue weighted by atomic mass is 9.72. The predicted octanol–water partition coefficient (Wildman–Crippen LogP) is 2.58. The van der Waals surface area contributed by atoms with Crippen LogP contribution in [-0.4, -0.2) is 91.0 Å². The van der Waals surface area contributed by atoms with E-state index in [-0.39, 0.29) is 17.4 Å². The van der Waals surface area contributed by atoms with Crippen LogP contribution in [0.5, 0.6) is 0 Å². The van der Waals surface area contributed by atoms with Gasteiger partial charge in [0.2, 0.25) is 5.91 Å². The maximum absolute atomic E-state index is 12.8. The first-order valence-electron chi connectivity index (χ1n) is 12.6. The maximum atomic E-state index is 12.8. The molecule has 0 radical (unpaired) electrons. The van der Waals surface area contributed by atoms with Gasteiger partial charge in [-0.15, -0.1) is 0 Å². The second-order valence-electron chi connectivity index (χ2n) is 10.3. The predicted molar refractivity (Wildman–Crippen MR) is 135 cm³/mol. The van der Waals surface area contributed by atoms with Crippen molar-refractivity contribution >= 4 is 23.3 Å². The van der Waals surface area contributed by atoms with Crippen molar-refractivity contribution in [2.75, 3.05) is 69.3 Å². The van der Waals surface area contributed by atoms with Crippen LogP contribution in [-0.2, 0) is 16.1 Å². The summed E-state index contributed by atoms with van der Waals surface area (Å²) in [5.41, 5.74) is 4.90. The summed E-state index contributed by atoms with van der Waals surface area (Å²) in [7, 11) is 1.68. The third-order valence-corrected chi connectivity index (χ3v) is 7.96. The minimum Gasteiger partial charge on any atom is -0.378 e. The number of likely N-dealkylation sites (tertiary alicyclic amines) is 2. The molecule has 4 heterocycles. The molecule has 9 nitrogen and oxygen atoms in total. The number of aromatic nitrogens is 2. The van der Waals surface area contributed by atoms with Gasteiger partial charge in [-0.3, -0.25) is 9.69 Å². The van der Waals surface area contributed by atoms with Crippen LogP contribution >= 0.6 is 0 Å². The van der Waals surface area contributed by atoms with E-state index in [1.165, 1.54) is 33.3 Å². The number of aryl methyl sites for hydroxylation is 1. The maximum Gasteiger partial charge on any atom is 0.344 e. The standard InChI is InChI=1S/C26H36N6O3/c1-20-14-23(30-10-12-35-13-11-30)5-4-22(20)16-29-8-6-26(7-9-29)18-31(19-26)25(34)32-17-24(15-27-32)28(3)21(2)33/h4-5,14-15,17H,6-13,16,18-19H2,1-3H3. The zero-order chi connectivity index (χ0) is 24.6. The Bertz CT molecular complexity index is 1080. The molecule has 3 aliphatic rings. The highest BCUT2D eigenvalue weighted by Crippen LogP contribution is 2.41. The lowest BCUT2D eigenvalue weighted by Crippen LogP contribution is -2.62. The molecule has 1 aromatic heterocycles. The first-order chi connectivity index (χ1) is 16.8. The fourth-order valence-electron chi connectivity index (χ4n) is 5.43. The van der Waals surface area contributed by atoms with E-state index < -0.39 is 0 Å². The summed E-state index contributed by atoms with van der Waals surface area (Å²) in [5, 5.41) is 4.17. The van der Waals surface area contributed by atoms with Crippen LogP contribution < -0.4 is 9.80 Å². The van der Waals surface area contributed by atoms with Crippen LogP contribution in [0.25, 0.3) is 0 Å². The van der Waals surface area contributed by atoms with Gasteiger partial charge in [0.25, 0.3) is 0 Å². The Balaban J connectivity index is 1.11. The summed E-state index contributed by atoms with van der Waals surface area (Å²) >= 11 is 0. The van der Waals surface area contributed by atoms with Crippen LogP contribution in [0.3, 0.4) is 0 Å². The van der Waals surface area contributed by atoms with Gasteiger partial charge < -0.3 is 19.4 Å². The average molecular weight is 481 g/mol. The molecule has 0 atom stereocenters. The van der Waals surface area contributed by atoms with Crippen molar-refractivity contribution in [2.24, 2.45) is 5.41 Å². The fourth-order valence-corrected chi connectivity index (χ4v) is 5.43. The second kappa shape index (κ2) is 9.62. The number of nitrogens with zero attached hydrogens (tertiary/aromatic N) is 6. The molecule has 2 aromatic rings. The summed E-state index contributed by atoms with van der Waals surface area (Å²) in [6.07, 6.45) is 5.41. The number of morpholine rings is 1. The molecule has 35 heavy (non-hydrogen) atoms. The van der Waals surface area contributed by atoms with E-state index in [0.29, 0.717) is 5.69 Å². The molecule has 9 heteroatoms. The Labute approximate surface area is 207 Å². The minimum atomic E-state index is -0.114. The smallest absolute Gasteiger partial charge is 0.344 e. The molecule has 0 N–H and O–H groups in total. The zero-order valence-electron chi connectivity index (χ0n) is 21.1. The number of carbonyl (C=O) groups excluding carboxylic acids is 2. The quantitative estimate of drug-likeness (QED) is 0.670. The van der Waals surface area contributed by atoms with Crippen LogP contribution in [0.2, 0.25) is 0 Å². The Morgan fingerprint density at radius 1 is 1.11 bits per heavy atom. The normalized spacial score (nSPS) is 20.1. The molecular formula is C26H36N6O3. The molecule has 3 aliphatic heterocycles. The van der Waals surface area contributed by atoms with Gasteiger partial charge in [0.15, 0.2) is 0 Å². The SMILES string of the molecule is CC(=O)N(C)c1cnn(C(=O)N2CC3(CCN(Cc4ccc(N5CCOCC5)cc4C)CC3)C2)c1. The highest BCUT2D eigenvalue weighted by atomic mass is 16.5. The summed E-state index contributed by atoms with van der Waals surface area (Å²) in [6.45, 7) is 11.9. The van der Waals surface area contributed by atoms with Crippen molar-refractivity contribution in [1.82, 2.24) is 19.6 Å². The van der Waals surface area contributed by atoms with Crippen LogP contribution in [0, 0.1) is 12.3 Å². The summed E-state index contributed by atoms with van der Waals surface area (Å²) in [5.74, 6) is -0.0881. The Hall–Kier alpha value is -2.91. The lowest BCUT2D eigenvalue weighted by Gasteiger charge is -2.53. The van der Waals surface area contributed by atoms with Gasteiger partial charge in [-0.2, -0.15) is 9.78 Å². The summed E-state index contributed by atoms with van der Waals surface area (Å²) < 4.78 is 6.83. The van der Waals surface area contributed by atoms with E-state index in [1.54, 1.807) is 19.4 Å². The van der Waals surface area contributed by atoms with Crippen LogP contribution in [0.15, 0.2) is 30.6 Å². The van der Waals surface area contributed by atoms with Crippen molar-refractivity contribution in [3.8, 4) is 0 Å². The van der Waals surface area contributed by atoms with Crippen molar-refractivity contribution < 1.29 is 14.3 Å². The first kappa shape index (κ1) is 23.8. The number of rotatable bonds is 4. The van der Waals surface area contributed by atoms with E-state index >= 15 is 0 Å². The molecule has 1 spiro atoms. The Kier molecular flexibility index (Phi) is 6.55. The number of piperidine rings is 1. The van der Waals surface area contributed by atoms with Gasteiger partial charge in [0.1, 0.15) is 0 Å². The van der Waals surface area contributed by atoms with E-state index in [0.717, 1.165) is 71.9 Å². The average Bonchev–Trinajstić information content (AvgIpc) is 3.34. The molecule has 0 saturated carbocycles. The molecule has 188 valence electrons. The Morgan fingerprint density at radius 3 is 2.49 bits per heavy atom. The van der Waals surface area contributed by atoms with E-state index in [4.69, 9.17) is 4.74 Å². The summed E-state index contributed by atoms with van der Waals surface area (Å²) in [6, 6.07) is 6.74. The van der Waals surface area contributed by atoms with Crippen molar-refractivity contribution in [3.63, 3.8) is 0 Å². The molecule has 0 unspecified atom stereocenters. The van der Waals surface area contributed by atoms with Gasteiger partial charge in [-0.05, 0) is 56.1 Å². The van der Waals surface area contributed by atoms with Crippen LogP contribution in [0.1, 0.15) is 30.9 Å². The second-order valence-corrected chi connectivity index (χ2v) is 10.3. The number of benzene rings is 1. The highest BCUT2D eigenvalue weighted by Gasteiger charge is 2.47. The monoisotopic (exact) mass is 480 g/mol. The fraction of sp³-hybridized carbons (Fsp3) is 0.577. The summed E-state index contributed by atoms with van der Waals surface area (Å²) in [4.78, 5) is 32.7. The van der Waals surface area contributed by atoms with E-state index in [2.05, 4.69) is 40.0 Å². The molecule has 5 rings (SSSR count). The third kappa shape index (κ3) is 4.92. The molecule has 0 bridgehead atoms. The van der Waals surface area contributed by atoms with Crippen molar-refractivity contribution in [2.45, 2.75) is 33.2 Å². The van der Waals surface area contributed by atoms with Gasteiger partial charge in [-0.1, -0.05) is 6.07 Å². The van der Waals surface area contributed by atoms with Gasteiger partial charge in [0, 0.05) is 57.8 Å². The highest BCUT2D eigenvalue weighted by molar-refractivity contribution is 5.91. The van der Waals surface area contributed by atoms with Crippen molar-refractivity contribution in [1.29, 1.82) is 0 Å². The van der Waals surface area contributed by atoms with Gasteiger partial charge in [0.05, 0.1) is 31.3 Å². The minimum absolute atomic E-state index is 0.0881. The number of anilines is 2. The zero-order valence-corrected chi connectivity index (χ0v) is 21.1. The van der Waals surface area contributed by atoms with E-state index in [9.17, 15) is 9.59 Å². The van der Waals surface area contributed by atoms with E-state index in [1.807, 2.05) is 4.90 Å². The number of ether oxygens (including phenoxy) is 1. The van der Waals surface area contributed by atoms with Gasteiger partial charge in [-0.25, -0.2) is 4.79 Å². The molecule has 2 amide bonds. The topological polar surface area (TPSA) is 74.2 Å². The molecular weight excluding hydrogens is 444 g/mol. The molecule has 0 aliphatic carbocycles. The number of hydrogen-bond donors (Lipinski definition) is 0. The van der Waals surface area contributed by atoms with Crippen molar-refractivity contribution in [3.05, 3.63) is 41.7 Å².